The Balaban J connectivity index is 1.76. The molecular formula is C19H18N2O2. The second kappa shape index (κ2) is 4.75. The lowest BCUT2D eigenvalue weighted by Gasteiger charge is -2.20. The van der Waals surface area contributed by atoms with Crippen molar-refractivity contribution in [3.63, 3.8) is 0 Å². The molecule has 1 amide bonds. The number of carbonyl (C=O) groups excluding carboxylic acids is 2. The normalized spacial score (nSPS) is 21.4. The molecule has 2 heterocycles. The molecule has 4 heteroatoms. The Morgan fingerprint density at radius 1 is 1.22 bits per heavy atom. The van der Waals surface area contributed by atoms with Crippen molar-refractivity contribution in [1.82, 2.24) is 4.98 Å². The first-order valence-electron chi connectivity index (χ1n) is 7.94. The van der Waals surface area contributed by atoms with E-state index in [1.54, 1.807) is 6.20 Å². The second-order valence-electron chi connectivity index (χ2n) is 6.79. The van der Waals surface area contributed by atoms with Gasteiger partial charge in [-0.1, -0.05) is 32.0 Å². The topological polar surface area (TPSA) is 59.1 Å². The quantitative estimate of drug-likeness (QED) is 0.868. The van der Waals surface area contributed by atoms with Crippen molar-refractivity contribution in [3.8, 4) is 0 Å². The van der Waals surface area contributed by atoms with E-state index in [0.717, 1.165) is 22.3 Å². The van der Waals surface area contributed by atoms with Gasteiger partial charge in [0.1, 0.15) is 5.82 Å². The number of Topliss-reactive ketones (excluding diaryl/α,β-unsaturated/α-hetero) is 1. The number of nitrogens with one attached hydrogen (secondary N) is 1. The number of benzene rings is 1. The summed E-state index contributed by atoms with van der Waals surface area (Å²) >= 11 is 0. The molecule has 4 rings (SSSR count). The van der Waals surface area contributed by atoms with Crippen molar-refractivity contribution in [2.24, 2.45) is 5.92 Å². The van der Waals surface area contributed by atoms with Crippen molar-refractivity contribution in [1.29, 1.82) is 0 Å². The van der Waals surface area contributed by atoms with Crippen LogP contribution in [0.15, 0.2) is 36.5 Å². The van der Waals surface area contributed by atoms with Crippen molar-refractivity contribution < 1.29 is 9.59 Å². The fourth-order valence-electron chi connectivity index (χ4n) is 3.75. The van der Waals surface area contributed by atoms with Gasteiger partial charge < -0.3 is 5.32 Å². The lowest BCUT2D eigenvalue weighted by atomic mass is 9.79. The van der Waals surface area contributed by atoms with Gasteiger partial charge in [0.05, 0.1) is 5.41 Å². The predicted molar refractivity (Wildman–Crippen MR) is 87.6 cm³/mol. The predicted octanol–water partition coefficient (Wildman–Crippen LogP) is 2.91. The standard InChI is InChI=1S/C19H18N2O2/c1-11(2)16(22)12-5-6-13-9-19(10-14(13)8-12)15-4-3-7-20-17(15)21-18(19)23/h3-8,11H,9-10H2,1-2H3,(H,20,21,23). The minimum atomic E-state index is -0.564. The highest BCUT2D eigenvalue weighted by molar-refractivity contribution is 6.06. The summed E-state index contributed by atoms with van der Waals surface area (Å²) in [5.74, 6) is 0.803. The molecule has 1 aromatic heterocycles. The van der Waals surface area contributed by atoms with Crippen LogP contribution in [0.1, 0.15) is 40.9 Å². The summed E-state index contributed by atoms with van der Waals surface area (Å²) in [5, 5.41) is 2.90. The molecular weight excluding hydrogens is 288 g/mol. The number of hydrogen-bond acceptors (Lipinski definition) is 3. The van der Waals surface area contributed by atoms with Gasteiger partial charge in [0.2, 0.25) is 5.91 Å². The first-order chi connectivity index (χ1) is 11.0. The van der Waals surface area contributed by atoms with Gasteiger partial charge in [-0.2, -0.15) is 0 Å². The number of nitrogens with zero attached hydrogens (tertiary/aromatic N) is 1. The molecule has 1 atom stereocenters. The SMILES string of the molecule is CC(C)C(=O)c1ccc2c(c1)CC1(C2)C(=O)Nc2ncccc21. The summed E-state index contributed by atoms with van der Waals surface area (Å²) in [6.45, 7) is 3.81. The molecule has 1 unspecified atom stereocenters. The second-order valence-corrected chi connectivity index (χ2v) is 6.79. The number of rotatable bonds is 2. The summed E-state index contributed by atoms with van der Waals surface area (Å²) < 4.78 is 0. The zero-order valence-electron chi connectivity index (χ0n) is 13.2. The molecule has 116 valence electrons. The van der Waals surface area contributed by atoms with E-state index in [0.29, 0.717) is 18.7 Å². The van der Waals surface area contributed by atoms with Crippen LogP contribution in [0.4, 0.5) is 5.82 Å². The molecule has 1 aliphatic carbocycles. The third-order valence-corrected chi connectivity index (χ3v) is 4.99. The van der Waals surface area contributed by atoms with E-state index in [2.05, 4.69) is 10.3 Å². The summed E-state index contributed by atoms with van der Waals surface area (Å²) in [5.41, 5.74) is 3.39. The largest absolute Gasteiger partial charge is 0.310 e. The smallest absolute Gasteiger partial charge is 0.237 e. The van der Waals surface area contributed by atoms with E-state index >= 15 is 0 Å². The van der Waals surface area contributed by atoms with Gasteiger partial charge in [-0.25, -0.2) is 4.98 Å². The Bertz CT molecular complexity index is 841. The van der Waals surface area contributed by atoms with Gasteiger partial charge in [0.25, 0.3) is 0 Å². The molecule has 1 N–H and O–H groups in total. The lowest BCUT2D eigenvalue weighted by molar-refractivity contribution is -0.120. The molecule has 0 fully saturated rings. The zero-order valence-corrected chi connectivity index (χ0v) is 13.2. The molecule has 2 aliphatic rings. The van der Waals surface area contributed by atoms with Gasteiger partial charge in [0.15, 0.2) is 5.78 Å². The molecule has 23 heavy (non-hydrogen) atoms. The number of hydrogen-bond donors (Lipinski definition) is 1. The van der Waals surface area contributed by atoms with E-state index in [-0.39, 0.29) is 17.6 Å². The van der Waals surface area contributed by atoms with Crippen LogP contribution < -0.4 is 5.32 Å². The minimum Gasteiger partial charge on any atom is -0.310 e. The highest BCUT2D eigenvalue weighted by Crippen LogP contribution is 2.46. The van der Waals surface area contributed by atoms with E-state index in [1.807, 2.05) is 44.2 Å². The summed E-state index contributed by atoms with van der Waals surface area (Å²) in [6, 6.07) is 9.70. The van der Waals surface area contributed by atoms with Crippen LogP contribution in [0.5, 0.6) is 0 Å². The Morgan fingerprint density at radius 2 is 2.00 bits per heavy atom. The number of anilines is 1. The lowest BCUT2D eigenvalue weighted by Crippen LogP contribution is -2.35. The maximum absolute atomic E-state index is 12.6. The molecule has 4 nitrogen and oxygen atoms in total. The van der Waals surface area contributed by atoms with Crippen LogP contribution in [0.2, 0.25) is 0 Å². The van der Waals surface area contributed by atoms with Gasteiger partial charge >= 0.3 is 0 Å². The zero-order chi connectivity index (χ0) is 16.2. The molecule has 1 aromatic carbocycles. The fourth-order valence-corrected chi connectivity index (χ4v) is 3.75. The molecule has 2 aromatic rings. The van der Waals surface area contributed by atoms with Gasteiger partial charge in [-0.05, 0) is 36.1 Å². The Morgan fingerprint density at radius 3 is 2.78 bits per heavy atom. The van der Waals surface area contributed by atoms with E-state index in [1.165, 1.54) is 0 Å². The average molecular weight is 306 g/mol. The Kier molecular flexibility index (Phi) is 2.92. The number of ketones is 1. The van der Waals surface area contributed by atoms with E-state index in [4.69, 9.17) is 0 Å². The number of amides is 1. The highest BCUT2D eigenvalue weighted by atomic mass is 16.2. The Hall–Kier alpha value is -2.49. The molecule has 1 spiro atoms. The number of carbonyl (C=O) groups is 2. The fraction of sp³-hybridized carbons (Fsp3) is 0.316. The highest BCUT2D eigenvalue weighted by Gasteiger charge is 2.51. The van der Waals surface area contributed by atoms with Gasteiger partial charge in [0, 0.05) is 23.2 Å². The molecule has 0 bridgehead atoms. The molecule has 0 saturated heterocycles. The van der Waals surface area contributed by atoms with E-state index in [9.17, 15) is 9.59 Å². The van der Waals surface area contributed by atoms with E-state index < -0.39 is 5.41 Å². The number of fused-ring (bicyclic) bond motifs is 3. The third-order valence-electron chi connectivity index (χ3n) is 4.99. The molecule has 0 radical (unpaired) electrons. The van der Waals surface area contributed by atoms with Crippen molar-refractivity contribution >= 4 is 17.5 Å². The summed E-state index contributed by atoms with van der Waals surface area (Å²) in [6.07, 6.45) is 2.99. The first kappa shape index (κ1) is 14.1. The third kappa shape index (κ3) is 1.94. The van der Waals surface area contributed by atoms with Crippen LogP contribution in [0.25, 0.3) is 0 Å². The maximum Gasteiger partial charge on any atom is 0.237 e. The average Bonchev–Trinajstić information content (AvgIpc) is 3.05. The van der Waals surface area contributed by atoms with Crippen LogP contribution >= 0.6 is 0 Å². The summed E-state index contributed by atoms with van der Waals surface area (Å²) in [7, 11) is 0. The Labute approximate surface area is 134 Å². The maximum atomic E-state index is 12.6. The van der Waals surface area contributed by atoms with Crippen molar-refractivity contribution in [2.45, 2.75) is 32.1 Å². The van der Waals surface area contributed by atoms with Crippen LogP contribution in [0.3, 0.4) is 0 Å². The van der Waals surface area contributed by atoms with Crippen molar-refractivity contribution in [2.75, 3.05) is 5.32 Å². The van der Waals surface area contributed by atoms with Crippen LogP contribution in [0, 0.1) is 5.92 Å². The summed E-state index contributed by atoms with van der Waals surface area (Å²) in [4.78, 5) is 29.1. The van der Waals surface area contributed by atoms with Crippen LogP contribution in [-0.4, -0.2) is 16.7 Å². The van der Waals surface area contributed by atoms with Crippen LogP contribution in [-0.2, 0) is 23.1 Å². The van der Waals surface area contributed by atoms with Gasteiger partial charge in [-0.3, -0.25) is 9.59 Å². The van der Waals surface area contributed by atoms with Crippen molar-refractivity contribution in [3.05, 3.63) is 58.8 Å². The number of pyridine rings is 1. The first-order valence-corrected chi connectivity index (χ1v) is 7.94. The number of aromatic nitrogens is 1. The monoisotopic (exact) mass is 306 g/mol. The van der Waals surface area contributed by atoms with Gasteiger partial charge in [-0.15, -0.1) is 0 Å². The molecule has 0 saturated carbocycles. The minimum absolute atomic E-state index is 0.0131. The molecule has 1 aliphatic heterocycles.